The summed E-state index contributed by atoms with van der Waals surface area (Å²) in [6.45, 7) is 3.42. The highest BCUT2D eigenvalue weighted by Gasteiger charge is 2.28. The molecule has 5 heteroatoms. The second-order valence-corrected chi connectivity index (χ2v) is 6.26. The van der Waals surface area contributed by atoms with Crippen LogP contribution in [0.2, 0.25) is 0 Å². The number of halogens is 1. The number of primary amides is 1. The second kappa shape index (κ2) is 6.60. The fourth-order valence-electron chi connectivity index (χ4n) is 3.62. The van der Waals surface area contributed by atoms with E-state index in [-0.39, 0.29) is 5.75 Å². The SMILES string of the molecule is CCCN(C1=Cc2c(C(N)=O)ccc(F)c2OC1)C1CCCC1. The van der Waals surface area contributed by atoms with E-state index in [2.05, 4.69) is 11.8 Å². The van der Waals surface area contributed by atoms with Crippen molar-refractivity contribution in [3.8, 4) is 5.75 Å². The van der Waals surface area contributed by atoms with E-state index in [1.165, 1.54) is 37.8 Å². The Labute approximate surface area is 136 Å². The van der Waals surface area contributed by atoms with Crippen LogP contribution in [0.5, 0.6) is 5.75 Å². The van der Waals surface area contributed by atoms with Crippen LogP contribution in [0.4, 0.5) is 4.39 Å². The van der Waals surface area contributed by atoms with Gasteiger partial charge in [-0.05, 0) is 37.5 Å². The van der Waals surface area contributed by atoms with E-state index in [1.54, 1.807) is 0 Å². The number of nitrogens with zero attached hydrogens (tertiary/aromatic N) is 1. The van der Waals surface area contributed by atoms with Crippen LogP contribution in [-0.4, -0.2) is 30.0 Å². The summed E-state index contributed by atoms with van der Waals surface area (Å²) in [5.74, 6) is -0.888. The Balaban J connectivity index is 2.00. The summed E-state index contributed by atoms with van der Waals surface area (Å²) in [6, 6.07) is 3.18. The number of amides is 1. The molecule has 1 heterocycles. The van der Waals surface area contributed by atoms with Crippen LogP contribution in [0.15, 0.2) is 17.8 Å². The lowest BCUT2D eigenvalue weighted by Crippen LogP contribution is -2.36. The molecule has 4 nitrogen and oxygen atoms in total. The molecule has 1 amide bonds. The molecule has 0 aromatic heterocycles. The molecule has 1 fully saturated rings. The molecule has 0 spiro atoms. The van der Waals surface area contributed by atoms with E-state index in [0.29, 0.717) is 23.8 Å². The Morgan fingerprint density at radius 1 is 1.39 bits per heavy atom. The Bertz CT molecular complexity index is 636. The molecule has 0 saturated heterocycles. The summed E-state index contributed by atoms with van der Waals surface area (Å²) in [6.07, 6.45) is 7.77. The molecule has 0 atom stereocenters. The van der Waals surface area contributed by atoms with Crippen molar-refractivity contribution in [3.05, 3.63) is 34.8 Å². The van der Waals surface area contributed by atoms with Crippen LogP contribution >= 0.6 is 0 Å². The molecule has 2 N–H and O–H groups in total. The summed E-state index contributed by atoms with van der Waals surface area (Å²) in [4.78, 5) is 14.0. The summed E-state index contributed by atoms with van der Waals surface area (Å²) < 4.78 is 19.6. The second-order valence-electron chi connectivity index (χ2n) is 6.26. The number of hydrogen-bond acceptors (Lipinski definition) is 3. The molecule has 1 aliphatic heterocycles. The standard InChI is InChI=1S/C18H23FN2O2/c1-2-9-21(12-5-3-4-6-12)13-10-15-14(18(20)22)7-8-16(19)17(15)23-11-13/h7-8,10,12H,2-6,9,11H2,1H3,(H2,20,22). The first-order chi connectivity index (χ1) is 11.1. The van der Waals surface area contributed by atoms with Crippen molar-refractivity contribution in [2.24, 2.45) is 5.73 Å². The van der Waals surface area contributed by atoms with Gasteiger partial charge in [-0.3, -0.25) is 4.79 Å². The van der Waals surface area contributed by atoms with Gasteiger partial charge in [0.2, 0.25) is 5.91 Å². The number of carbonyl (C=O) groups excluding carboxylic acids is 1. The van der Waals surface area contributed by atoms with Crippen LogP contribution in [0.25, 0.3) is 6.08 Å². The van der Waals surface area contributed by atoms with E-state index in [9.17, 15) is 9.18 Å². The van der Waals surface area contributed by atoms with Crippen LogP contribution in [-0.2, 0) is 0 Å². The number of nitrogens with two attached hydrogens (primary N) is 1. The van der Waals surface area contributed by atoms with Crippen molar-refractivity contribution in [2.75, 3.05) is 13.2 Å². The van der Waals surface area contributed by atoms with Gasteiger partial charge in [0.15, 0.2) is 11.6 Å². The highest BCUT2D eigenvalue weighted by molar-refractivity contribution is 5.98. The maximum atomic E-state index is 14.0. The molecule has 1 saturated carbocycles. The largest absolute Gasteiger partial charge is 0.484 e. The maximum absolute atomic E-state index is 14.0. The molecule has 1 aromatic carbocycles. The summed E-state index contributed by atoms with van der Waals surface area (Å²) in [5.41, 5.74) is 7.22. The Hall–Kier alpha value is -2.04. The molecular weight excluding hydrogens is 295 g/mol. The third-order valence-corrected chi connectivity index (χ3v) is 4.69. The van der Waals surface area contributed by atoms with E-state index < -0.39 is 11.7 Å². The zero-order valence-electron chi connectivity index (χ0n) is 13.5. The van der Waals surface area contributed by atoms with Gasteiger partial charge in [-0.2, -0.15) is 0 Å². The predicted octanol–water partition coefficient (Wildman–Crippen LogP) is 3.31. The van der Waals surface area contributed by atoms with E-state index in [4.69, 9.17) is 10.5 Å². The summed E-state index contributed by atoms with van der Waals surface area (Å²) >= 11 is 0. The van der Waals surface area contributed by atoms with Crippen molar-refractivity contribution in [3.63, 3.8) is 0 Å². The molecule has 3 rings (SSSR count). The van der Waals surface area contributed by atoms with Gasteiger partial charge >= 0.3 is 0 Å². The van der Waals surface area contributed by atoms with E-state index >= 15 is 0 Å². The first-order valence-corrected chi connectivity index (χ1v) is 8.34. The van der Waals surface area contributed by atoms with Gasteiger partial charge in [-0.1, -0.05) is 19.8 Å². The monoisotopic (exact) mass is 318 g/mol. The minimum atomic E-state index is -0.565. The molecule has 0 unspecified atom stereocenters. The number of rotatable bonds is 5. The van der Waals surface area contributed by atoms with Crippen LogP contribution in [0.3, 0.4) is 0 Å². The van der Waals surface area contributed by atoms with Gasteiger partial charge < -0.3 is 15.4 Å². The summed E-state index contributed by atoms with van der Waals surface area (Å²) in [5, 5.41) is 0. The predicted molar refractivity (Wildman–Crippen MR) is 87.6 cm³/mol. The van der Waals surface area contributed by atoms with E-state index in [1.807, 2.05) is 6.08 Å². The zero-order valence-corrected chi connectivity index (χ0v) is 13.5. The maximum Gasteiger partial charge on any atom is 0.249 e. The third-order valence-electron chi connectivity index (χ3n) is 4.69. The molecule has 0 radical (unpaired) electrons. The highest BCUT2D eigenvalue weighted by atomic mass is 19.1. The number of hydrogen-bond donors (Lipinski definition) is 1. The van der Waals surface area contributed by atoms with Crippen LogP contribution < -0.4 is 10.5 Å². The van der Waals surface area contributed by atoms with E-state index in [0.717, 1.165) is 18.7 Å². The quantitative estimate of drug-likeness (QED) is 0.906. The lowest BCUT2D eigenvalue weighted by Gasteiger charge is -2.35. The lowest BCUT2D eigenvalue weighted by atomic mass is 10.0. The number of ether oxygens (including phenoxy) is 1. The average Bonchev–Trinajstić information content (AvgIpc) is 3.06. The number of benzene rings is 1. The van der Waals surface area contributed by atoms with Gasteiger partial charge in [-0.15, -0.1) is 0 Å². The van der Waals surface area contributed by atoms with Crippen molar-refractivity contribution in [1.29, 1.82) is 0 Å². The van der Waals surface area contributed by atoms with Crippen molar-refractivity contribution in [2.45, 2.75) is 45.1 Å². The smallest absolute Gasteiger partial charge is 0.249 e. The average molecular weight is 318 g/mol. The highest BCUT2D eigenvalue weighted by Crippen LogP contribution is 2.35. The van der Waals surface area contributed by atoms with Gasteiger partial charge in [0.1, 0.15) is 6.61 Å². The first kappa shape index (κ1) is 15.8. The molecule has 1 aromatic rings. The van der Waals surface area contributed by atoms with Crippen LogP contribution in [0.1, 0.15) is 54.9 Å². The minimum absolute atomic E-state index is 0.132. The Morgan fingerprint density at radius 3 is 2.78 bits per heavy atom. The topological polar surface area (TPSA) is 55.6 Å². The van der Waals surface area contributed by atoms with Crippen molar-refractivity contribution >= 4 is 12.0 Å². The molecule has 124 valence electrons. The molecular formula is C18H23FN2O2. The third kappa shape index (κ3) is 3.05. The van der Waals surface area contributed by atoms with Crippen LogP contribution in [0, 0.1) is 5.82 Å². The fourth-order valence-corrected chi connectivity index (χ4v) is 3.62. The zero-order chi connectivity index (χ0) is 16.4. The minimum Gasteiger partial charge on any atom is -0.484 e. The van der Waals surface area contributed by atoms with Gasteiger partial charge in [0, 0.05) is 18.2 Å². The normalized spacial score (nSPS) is 17.4. The Kier molecular flexibility index (Phi) is 4.55. The lowest BCUT2D eigenvalue weighted by molar-refractivity contribution is 0.0999. The fraction of sp³-hybridized carbons (Fsp3) is 0.500. The molecule has 1 aliphatic carbocycles. The van der Waals surface area contributed by atoms with Gasteiger partial charge in [-0.25, -0.2) is 4.39 Å². The number of carbonyl (C=O) groups is 1. The van der Waals surface area contributed by atoms with Gasteiger partial charge in [0.25, 0.3) is 0 Å². The molecule has 2 aliphatic rings. The first-order valence-electron chi connectivity index (χ1n) is 8.34. The summed E-state index contributed by atoms with van der Waals surface area (Å²) in [7, 11) is 0. The van der Waals surface area contributed by atoms with Crippen molar-refractivity contribution < 1.29 is 13.9 Å². The van der Waals surface area contributed by atoms with Crippen molar-refractivity contribution in [1.82, 2.24) is 4.90 Å². The number of fused-ring (bicyclic) bond motifs is 1. The molecule has 23 heavy (non-hydrogen) atoms. The van der Waals surface area contributed by atoms with Gasteiger partial charge in [0.05, 0.1) is 11.3 Å². The Morgan fingerprint density at radius 2 is 2.13 bits per heavy atom. The molecule has 0 bridgehead atoms.